The molecule has 272 valence electrons. The van der Waals surface area contributed by atoms with Crippen LogP contribution in [0.5, 0.6) is 5.88 Å². The van der Waals surface area contributed by atoms with Crippen molar-refractivity contribution in [3.8, 4) is 17.0 Å². The second-order valence-electron chi connectivity index (χ2n) is 12.8. The van der Waals surface area contributed by atoms with Gasteiger partial charge in [-0.1, -0.05) is 19.1 Å². The number of esters is 1. The van der Waals surface area contributed by atoms with Gasteiger partial charge in [0.25, 0.3) is 5.91 Å². The van der Waals surface area contributed by atoms with Crippen LogP contribution in [0.4, 0.5) is 9.18 Å². The summed E-state index contributed by atoms with van der Waals surface area (Å²) < 4.78 is 41.3. The third-order valence-electron chi connectivity index (χ3n) is 7.59. The minimum atomic E-state index is -1.21. The second kappa shape index (κ2) is 20.3. The van der Waals surface area contributed by atoms with Gasteiger partial charge in [-0.05, 0) is 95.2 Å². The van der Waals surface area contributed by atoms with Crippen molar-refractivity contribution < 1.29 is 42.5 Å². The summed E-state index contributed by atoms with van der Waals surface area (Å²) in [5, 5.41) is 5.61. The maximum Gasteiger partial charge on any atom is 0.407 e. The largest absolute Gasteiger partial charge is 0.477 e. The van der Waals surface area contributed by atoms with Crippen molar-refractivity contribution in [3.05, 3.63) is 47.9 Å². The lowest BCUT2D eigenvalue weighted by molar-refractivity contribution is -0.151. The van der Waals surface area contributed by atoms with Gasteiger partial charge in [-0.15, -0.1) is 0 Å². The van der Waals surface area contributed by atoms with Crippen LogP contribution in [0.3, 0.4) is 0 Å². The molecule has 2 N–H and O–H groups in total. The number of carbonyl (C=O) groups excluding carboxylic acids is 3. The number of aromatic nitrogens is 1. The molecule has 3 rings (SSSR count). The number of nitrogens with one attached hydrogen (secondary N) is 2. The van der Waals surface area contributed by atoms with E-state index in [0.29, 0.717) is 81.8 Å². The predicted octanol–water partition coefficient (Wildman–Crippen LogP) is 6.19. The molecule has 0 spiro atoms. The molecule has 0 radical (unpaired) electrons. The van der Waals surface area contributed by atoms with Gasteiger partial charge in [0, 0.05) is 24.1 Å². The van der Waals surface area contributed by atoms with E-state index in [1.807, 2.05) is 6.92 Å². The summed E-state index contributed by atoms with van der Waals surface area (Å²) in [4.78, 5) is 42.9. The van der Waals surface area contributed by atoms with E-state index < -0.39 is 29.1 Å². The topological polar surface area (TPSA) is 134 Å². The van der Waals surface area contributed by atoms with Gasteiger partial charge in [0.15, 0.2) is 0 Å². The summed E-state index contributed by atoms with van der Waals surface area (Å²) in [7, 11) is 0. The molecule has 1 saturated carbocycles. The van der Waals surface area contributed by atoms with Gasteiger partial charge in [0.1, 0.15) is 17.0 Å². The Morgan fingerprint density at radius 2 is 1.71 bits per heavy atom. The Morgan fingerprint density at radius 1 is 1.00 bits per heavy atom. The normalized spacial score (nSPS) is 14.1. The van der Waals surface area contributed by atoms with Crippen molar-refractivity contribution in [1.29, 1.82) is 0 Å². The molecule has 1 fully saturated rings. The fourth-order valence-corrected chi connectivity index (χ4v) is 5.54. The molecule has 1 heterocycles. The number of benzene rings is 1. The number of thioether (sulfide) groups is 1. The van der Waals surface area contributed by atoms with Crippen molar-refractivity contribution in [2.45, 2.75) is 77.9 Å². The van der Waals surface area contributed by atoms with Crippen LogP contribution in [0.2, 0.25) is 0 Å². The maximum absolute atomic E-state index is 13.7. The third kappa shape index (κ3) is 14.5. The Kier molecular flexibility index (Phi) is 16.6. The average molecular weight is 706 g/mol. The van der Waals surface area contributed by atoms with E-state index in [4.69, 9.17) is 23.7 Å². The summed E-state index contributed by atoms with van der Waals surface area (Å²) in [5.74, 6) is 1.10. The highest BCUT2D eigenvalue weighted by Crippen LogP contribution is 2.33. The molecule has 0 saturated heterocycles. The molecule has 1 aromatic carbocycles. The lowest BCUT2D eigenvalue weighted by atomic mass is 9.90. The van der Waals surface area contributed by atoms with E-state index in [2.05, 4.69) is 15.6 Å². The Bertz CT molecular complexity index is 1340. The minimum Gasteiger partial charge on any atom is -0.477 e. The van der Waals surface area contributed by atoms with E-state index >= 15 is 0 Å². The van der Waals surface area contributed by atoms with Gasteiger partial charge in [0.2, 0.25) is 5.88 Å². The fourth-order valence-electron chi connectivity index (χ4n) is 4.75. The number of alkyl carbamates (subject to hydrolysis) is 1. The second-order valence-corrected chi connectivity index (χ2v) is 14.0. The van der Waals surface area contributed by atoms with Crippen molar-refractivity contribution in [1.82, 2.24) is 15.6 Å². The van der Waals surface area contributed by atoms with Crippen molar-refractivity contribution >= 4 is 29.7 Å². The summed E-state index contributed by atoms with van der Waals surface area (Å²) in [6, 6.07) is 7.62. The van der Waals surface area contributed by atoms with E-state index in [9.17, 15) is 18.8 Å². The Balaban J connectivity index is 1.47. The highest BCUT2D eigenvalue weighted by molar-refractivity contribution is 7.99. The van der Waals surface area contributed by atoms with Crippen LogP contribution in [0.25, 0.3) is 11.1 Å². The number of hydrogen-bond donors (Lipinski definition) is 2. The third-order valence-corrected chi connectivity index (χ3v) is 8.63. The molecule has 1 aromatic heterocycles. The van der Waals surface area contributed by atoms with Gasteiger partial charge in [0.05, 0.1) is 45.2 Å². The van der Waals surface area contributed by atoms with Crippen LogP contribution in [-0.2, 0) is 23.7 Å². The SMILES string of the molecule is CCOC(=O)C(CC)(CCCSCCOCCOCCNC(=O)OC(C)(C)C)NC(=O)c1cnc(OCC2CC2)c(-c2ccc(F)cc2)c1. The molecule has 49 heavy (non-hydrogen) atoms. The standard InChI is InChI=1S/C36H52FN3O8S/c1-6-36(33(42)46-7-2,15-8-21-49-22-20-45-19-18-44-17-16-38-34(43)48-35(3,4)5)40-31(41)28-23-30(27-11-13-29(37)14-12-27)32(39-24-28)47-25-26-9-10-26/h11-14,23-24,26H,6-10,15-22,25H2,1-5H3,(H,38,43)(H,40,41). The molecule has 0 aliphatic heterocycles. The first-order chi connectivity index (χ1) is 23.5. The van der Waals surface area contributed by atoms with Crippen molar-refractivity contribution in [3.63, 3.8) is 0 Å². The van der Waals surface area contributed by atoms with Crippen LogP contribution in [0.1, 0.15) is 77.1 Å². The maximum atomic E-state index is 13.7. The molecule has 13 heteroatoms. The van der Waals surface area contributed by atoms with E-state index in [0.717, 1.165) is 24.3 Å². The number of rotatable bonds is 22. The van der Waals surface area contributed by atoms with Crippen LogP contribution in [0.15, 0.2) is 36.5 Å². The first-order valence-electron chi connectivity index (χ1n) is 17.0. The highest BCUT2D eigenvalue weighted by atomic mass is 32.2. The number of amides is 2. The average Bonchev–Trinajstić information content (AvgIpc) is 3.89. The molecular formula is C36H52FN3O8S. The van der Waals surface area contributed by atoms with Gasteiger partial charge < -0.3 is 34.3 Å². The van der Waals surface area contributed by atoms with E-state index in [-0.39, 0.29) is 18.0 Å². The lowest BCUT2D eigenvalue weighted by Crippen LogP contribution is -2.55. The Labute approximate surface area is 293 Å². The highest BCUT2D eigenvalue weighted by Gasteiger charge is 2.39. The molecular weight excluding hydrogens is 653 g/mol. The van der Waals surface area contributed by atoms with Crippen LogP contribution < -0.4 is 15.4 Å². The number of ether oxygens (including phenoxy) is 5. The zero-order valence-corrected chi connectivity index (χ0v) is 30.3. The monoisotopic (exact) mass is 705 g/mol. The van der Waals surface area contributed by atoms with Gasteiger partial charge >= 0.3 is 12.1 Å². The smallest absolute Gasteiger partial charge is 0.407 e. The summed E-state index contributed by atoms with van der Waals surface area (Å²) in [5.41, 5.74) is -0.247. The van der Waals surface area contributed by atoms with E-state index in [1.54, 1.807) is 57.7 Å². The summed E-state index contributed by atoms with van der Waals surface area (Å²) >= 11 is 1.69. The number of hydrogen-bond acceptors (Lipinski definition) is 10. The number of halogens is 1. The number of nitrogens with zero attached hydrogens (tertiary/aromatic N) is 1. The minimum absolute atomic E-state index is 0.190. The molecule has 1 unspecified atom stereocenters. The van der Waals surface area contributed by atoms with Crippen molar-refractivity contribution in [2.24, 2.45) is 5.92 Å². The summed E-state index contributed by atoms with van der Waals surface area (Å²) in [6.07, 6.45) is 4.60. The Hall–Kier alpha value is -3.42. The van der Waals surface area contributed by atoms with Crippen LogP contribution in [0, 0.1) is 11.7 Å². The van der Waals surface area contributed by atoms with Crippen LogP contribution in [-0.4, -0.2) is 91.8 Å². The predicted molar refractivity (Wildman–Crippen MR) is 187 cm³/mol. The summed E-state index contributed by atoms with van der Waals surface area (Å²) in [6.45, 7) is 11.8. The molecule has 0 bridgehead atoms. The Morgan fingerprint density at radius 3 is 2.37 bits per heavy atom. The lowest BCUT2D eigenvalue weighted by Gasteiger charge is -2.31. The first-order valence-corrected chi connectivity index (χ1v) is 18.2. The van der Waals surface area contributed by atoms with Gasteiger partial charge in [-0.25, -0.2) is 19.0 Å². The quantitative estimate of drug-likeness (QED) is 0.108. The van der Waals surface area contributed by atoms with Gasteiger partial charge in [-0.3, -0.25) is 4.79 Å². The molecule has 1 aliphatic carbocycles. The molecule has 2 aromatic rings. The van der Waals surface area contributed by atoms with Gasteiger partial charge in [-0.2, -0.15) is 11.8 Å². The van der Waals surface area contributed by atoms with Crippen LogP contribution >= 0.6 is 11.8 Å². The van der Waals surface area contributed by atoms with E-state index in [1.165, 1.54) is 18.3 Å². The number of carbonyl (C=O) groups is 3. The fraction of sp³-hybridized carbons (Fsp3) is 0.611. The number of pyridine rings is 1. The molecule has 2 amide bonds. The molecule has 11 nitrogen and oxygen atoms in total. The zero-order valence-electron chi connectivity index (χ0n) is 29.4. The first kappa shape index (κ1) is 40.0. The zero-order chi connectivity index (χ0) is 35.7. The van der Waals surface area contributed by atoms with Crippen molar-refractivity contribution in [2.75, 3.05) is 57.7 Å². The molecule has 1 atom stereocenters. The molecule has 1 aliphatic rings.